The van der Waals surface area contributed by atoms with E-state index in [2.05, 4.69) is 11.2 Å². The first-order valence-electron chi connectivity index (χ1n) is 8.88. The smallest absolute Gasteiger partial charge is 0.303 e. The van der Waals surface area contributed by atoms with E-state index in [0.29, 0.717) is 34.5 Å². The molecule has 0 bridgehead atoms. The largest absolute Gasteiger partial charge is 0.493 e. The molecule has 1 atom stereocenters. The van der Waals surface area contributed by atoms with Crippen molar-refractivity contribution in [1.29, 1.82) is 0 Å². The van der Waals surface area contributed by atoms with Gasteiger partial charge in [-0.15, -0.1) is 6.42 Å². The Bertz CT molecular complexity index is 893. The third-order valence-corrected chi connectivity index (χ3v) is 4.56. The van der Waals surface area contributed by atoms with Crippen molar-refractivity contribution in [3.8, 4) is 23.8 Å². The Hall–Kier alpha value is -2.75. The number of rotatable bonds is 9. The van der Waals surface area contributed by atoms with E-state index >= 15 is 0 Å². The molecule has 2 rings (SSSR count). The molecule has 1 N–H and O–H groups in total. The lowest BCUT2D eigenvalue weighted by molar-refractivity contribution is -0.143. The average Bonchev–Trinajstić information content (AvgIpc) is 2.71. The van der Waals surface area contributed by atoms with Gasteiger partial charge in [-0.1, -0.05) is 47.9 Å². The molecule has 0 aliphatic rings. The third kappa shape index (κ3) is 6.97. The fourth-order valence-electron chi connectivity index (χ4n) is 2.61. The molecule has 7 heteroatoms. The molecule has 0 radical (unpaired) electrons. The number of hydrogen-bond acceptors (Lipinski definition) is 5. The van der Waals surface area contributed by atoms with Crippen LogP contribution in [0.15, 0.2) is 42.5 Å². The monoisotopic (exact) mass is 431 g/mol. The van der Waals surface area contributed by atoms with E-state index in [9.17, 15) is 4.79 Å². The zero-order valence-electron chi connectivity index (χ0n) is 16.2. The lowest BCUT2D eigenvalue weighted by Gasteiger charge is -2.20. The summed E-state index contributed by atoms with van der Waals surface area (Å²) in [6, 6.07) is 12.7. The number of carbonyl (C=O) groups excluding carboxylic acids is 1. The fraction of sp³-hybridized carbons (Fsp3) is 0.273. The van der Waals surface area contributed by atoms with Gasteiger partial charge in [0.15, 0.2) is 17.6 Å². The summed E-state index contributed by atoms with van der Waals surface area (Å²) in [7, 11) is 1.57. The number of carbonyl (C=O) groups is 1. The lowest BCUT2D eigenvalue weighted by atomic mass is 10.1. The first kappa shape index (κ1) is 22.5. The number of benzene rings is 2. The van der Waals surface area contributed by atoms with Gasteiger partial charge < -0.3 is 19.5 Å². The first-order valence-corrected chi connectivity index (χ1v) is 9.66. The van der Waals surface area contributed by atoms with Crippen molar-refractivity contribution < 1.29 is 19.0 Å². The molecule has 0 aliphatic carbocycles. The molecule has 152 valence electrons. The fourth-order valence-corrected chi connectivity index (χ4v) is 3.02. The van der Waals surface area contributed by atoms with Crippen molar-refractivity contribution in [3.63, 3.8) is 0 Å². The summed E-state index contributed by atoms with van der Waals surface area (Å²) in [5.41, 5.74) is 1.78. The highest BCUT2D eigenvalue weighted by atomic mass is 35.5. The second-order valence-corrected chi connectivity index (χ2v) is 6.94. The number of thiocarbonyl (C=S) groups is 1. The molecule has 0 aliphatic heterocycles. The normalized spacial score (nSPS) is 11.1. The predicted octanol–water partition coefficient (Wildman–Crippen LogP) is 4.12. The van der Waals surface area contributed by atoms with Gasteiger partial charge >= 0.3 is 5.97 Å². The first-order chi connectivity index (χ1) is 13.9. The van der Waals surface area contributed by atoms with Gasteiger partial charge in [-0.3, -0.25) is 4.79 Å². The van der Waals surface area contributed by atoms with Crippen LogP contribution in [0.3, 0.4) is 0 Å². The molecular formula is C22H22ClNO4S. The van der Waals surface area contributed by atoms with E-state index in [-0.39, 0.29) is 6.61 Å². The van der Waals surface area contributed by atoms with E-state index < -0.39 is 12.1 Å². The van der Waals surface area contributed by atoms with Crippen LogP contribution in [0, 0.1) is 12.3 Å². The summed E-state index contributed by atoms with van der Waals surface area (Å²) >= 11 is 11.4. The molecule has 0 saturated carbocycles. The number of methoxy groups -OCH3 is 1. The van der Waals surface area contributed by atoms with Crippen molar-refractivity contribution in [1.82, 2.24) is 5.32 Å². The van der Waals surface area contributed by atoms with Gasteiger partial charge in [-0.05, 0) is 41.8 Å². The molecule has 2 aromatic rings. The summed E-state index contributed by atoms with van der Waals surface area (Å²) in [6.45, 7) is 2.08. The Labute approximate surface area is 181 Å². The van der Waals surface area contributed by atoms with E-state index in [0.717, 1.165) is 11.1 Å². The maximum absolute atomic E-state index is 11.5. The van der Waals surface area contributed by atoms with Gasteiger partial charge in [0.2, 0.25) is 0 Å². The molecule has 1 unspecified atom stereocenters. The summed E-state index contributed by atoms with van der Waals surface area (Å²) in [5, 5.41) is 3.75. The van der Waals surface area contributed by atoms with Crippen LogP contribution in [-0.2, 0) is 16.0 Å². The summed E-state index contributed by atoms with van der Waals surface area (Å²) in [4.78, 5) is 11.9. The molecule has 0 aromatic heterocycles. The highest BCUT2D eigenvalue weighted by Gasteiger charge is 2.20. The minimum absolute atomic E-state index is 0.174. The van der Waals surface area contributed by atoms with Gasteiger partial charge in [0, 0.05) is 18.5 Å². The van der Waals surface area contributed by atoms with Crippen molar-refractivity contribution >= 4 is 34.8 Å². The van der Waals surface area contributed by atoms with Gasteiger partial charge in [-0.2, -0.15) is 0 Å². The lowest BCUT2D eigenvalue weighted by Crippen LogP contribution is -2.31. The highest BCUT2D eigenvalue weighted by Crippen LogP contribution is 2.28. The van der Waals surface area contributed by atoms with Crippen LogP contribution < -0.4 is 14.8 Å². The molecule has 0 fully saturated rings. The summed E-state index contributed by atoms with van der Waals surface area (Å²) < 4.78 is 16.2. The van der Waals surface area contributed by atoms with Crippen molar-refractivity contribution in [2.75, 3.05) is 20.3 Å². The Balaban J connectivity index is 2.00. The predicted molar refractivity (Wildman–Crippen MR) is 118 cm³/mol. The van der Waals surface area contributed by atoms with Crippen molar-refractivity contribution in [2.45, 2.75) is 19.4 Å². The van der Waals surface area contributed by atoms with Crippen molar-refractivity contribution in [3.05, 3.63) is 58.6 Å². The van der Waals surface area contributed by atoms with Crippen LogP contribution in [0.5, 0.6) is 11.5 Å². The SMILES string of the molecule is C#CCOc1ccc(CCNC(=S)C(OC(C)=O)c2ccc(Cl)cc2)cc1OC. The quantitative estimate of drug-likeness (QED) is 0.366. The standard InChI is InChI=1S/C22H22ClNO4S/c1-4-13-27-19-10-5-16(14-20(19)26-3)11-12-24-22(29)21(28-15(2)25)17-6-8-18(23)9-7-17/h1,5-10,14,21H,11-13H2,2-3H3,(H,24,29). The van der Waals surface area contributed by atoms with E-state index in [1.165, 1.54) is 6.92 Å². The van der Waals surface area contributed by atoms with Crippen molar-refractivity contribution in [2.24, 2.45) is 0 Å². The topological polar surface area (TPSA) is 56.8 Å². The Morgan fingerprint density at radius 2 is 1.97 bits per heavy atom. The number of hydrogen-bond donors (Lipinski definition) is 1. The van der Waals surface area contributed by atoms with Crippen LogP contribution in [0.2, 0.25) is 5.02 Å². The molecule has 0 spiro atoms. The maximum Gasteiger partial charge on any atom is 0.303 e. The minimum Gasteiger partial charge on any atom is -0.493 e. The minimum atomic E-state index is -0.672. The third-order valence-electron chi connectivity index (χ3n) is 3.95. The molecule has 0 amide bonds. The van der Waals surface area contributed by atoms with Gasteiger partial charge in [0.05, 0.1) is 7.11 Å². The maximum atomic E-state index is 11.5. The van der Waals surface area contributed by atoms with Crippen LogP contribution >= 0.6 is 23.8 Å². The number of terminal acetylenes is 1. The average molecular weight is 432 g/mol. The van der Waals surface area contributed by atoms with Crippen LogP contribution in [0.1, 0.15) is 24.2 Å². The number of esters is 1. The van der Waals surface area contributed by atoms with Crippen LogP contribution in [-0.4, -0.2) is 31.2 Å². The number of nitrogens with one attached hydrogen (secondary N) is 1. The molecule has 5 nitrogen and oxygen atoms in total. The van der Waals surface area contributed by atoms with Crippen LogP contribution in [0.4, 0.5) is 0 Å². The number of ether oxygens (including phenoxy) is 3. The Morgan fingerprint density at radius 1 is 1.24 bits per heavy atom. The highest BCUT2D eigenvalue weighted by molar-refractivity contribution is 7.80. The van der Waals surface area contributed by atoms with E-state index in [1.54, 1.807) is 31.4 Å². The molecule has 29 heavy (non-hydrogen) atoms. The zero-order valence-corrected chi connectivity index (χ0v) is 17.8. The second-order valence-electron chi connectivity index (χ2n) is 6.06. The summed E-state index contributed by atoms with van der Waals surface area (Å²) in [5.74, 6) is 3.21. The zero-order chi connectivity index (χ0) is 21.2. The molecule has 2 aromatic carbocycles. The van der Waals surface area contributed by atoms with Gasteiger partial charge in [0.25, 0.3) is 0 Å². The molecule has 0 heterocycles. The number of halogens is 1. The second kappa shape index (κ2) is 11.3. The van der Waals surface area contributed by atoms with E-state index in [4.69, 9.17) is 44.5 Å². The molecular weight excluding hydrogens is 410 g/mol. The Kier molecular flexibility index (Phi) is 8.78. The molecule has 0 saturated heterocycles. The van der Waals surface area contributed by atoms with Gasteiger partial charge in [-0.25, -0.2) is 0 Å². The Morgan fingerprint density at radius 3 is 2.59 bits per heavy atom. The van der Waals surface area contributed by atoms with Crippen LogP contribution in [0.25, 0.3) is 0 Å². The van der Waals surface area contributed by atoms with E-state index in [1.807, 2.05) is 18.2 Å². The van der Waals surface area contributed by atoms with Gasteiger partial charge in [0.1, 0.15) is 11.6 Å². The summed E-state index contributed by atoms with van der Waals surface area (Å²) in [6.07, 6.45) is 5.23.